The second-order valence-electron chi connectivity index (χ2n) is 8.02. The molecule has 0 aliphatic heterocycles. The summed E-state index contributed by atoms with van der Waals surface area (Å²) < 4.78 is 0. The largest absolute Gasteiger partial charge is 0.480 e. The smallest absolute Gasteiger partial charge is 0.320 e. The maximum atomic E-state index is 11.9. The minimum Gasteiger partial charge on any atom is -0.480 e. The fourth-order valence-corrected chi connectivity index (χ4v) is 4.13. The van der Waals surface area contributed by atoms with Gasteiger partial charge in [0.25, 0.3) is 0 Å². The molecule has 1 atom stereocenters. The van der Waals surface area contributed by atoms with E-state index in [1.165, 1.54) is 19.6 Å². The van der Waals surface area contributed by atoms with Crippen molar-refractivity contribution >= 4 is 5.97 Å². The molecule has 0 aromatic heterocycles. The number of hydrogen-bond acceptors (Lipinski definition) is 4. The lowest BCUT2D eigenvalue weighted by atomic mass is 9.76. The van der Waals surface area contributed by atoms with Crippen molar-refractivity contribution in [2.45, 2.75) is 38.8 Å². The third-order valence-corrected chi connectivity index (χ3v) is 6.07. The lowest BCUT2D eigenvalue weighted by molar-refractivity contribution is -0.140. The van der Waals surface area contributed by atoms with Crippen LogP contribution < -0.4 is 5.32 Å². The second-order valence-corrected chi connectivity index (χ2v) is 8.02. The van der Waals surface area contributed by atoms with E-state index in [0.29, 0.717) is 0 Å². The molecule has 34 heavy (non-hydrogen) atoms. The van der Waals surface area contributed by atoms with Gasteiger partial charge in [0.05, 0.1) is 5.54 Å². The lowest BCUT2D eigenvalue weighted by Crippen LogP contribution is -2.52. The van der Waals surface area contributed by atoms with E-state index in [1.54, 1.807) is 0 Å². The summed E-state index contributed by atoms with van der Waals surface area (Å²) in [4.78, 5) is 14.3. The Morgan fingerprint density at radius 2 is 1.12 bits per heavy atom. The summed E-state index contributed by atoms with van der Waals surface area (Å²) in [6, 6.07) is 28.5. The van der Waals surface area contributed by atoms with Gasteiger partial charge in [0.2, 0.25) is 0 Å². The normalized spacial score (nSPS) is 12.0. The van der Waals surface area contributed by atoms with E-state index >= 15 is 0 Å². The molecule has 3 aromatic rings. The van der Waals surface area contributed by atoms with Crippen LogP contribution in [0.5, 0.6) is 0 Å². The molecule has 182 valence electrons. The van der Waals surface area contributed by atoms with Crippen molar-refractivity contribution in [2.24, 2.45) is 0 Å². The van der Waals surface area contributed by atoms with Crippen LogP contribution in [-0.2, 0) is 10.3 Å². The average Bonchev–Trinajstić information content (AvgIpc) is 2.89. The fourth-order valence-electron chi connectivity index (χ4n) is 4.13. The monoisotopic (exact) mass is 462 g/mol. The van der Waals surface area contributed by atoms with E-state index in [-0.39, 0.29) is 13.0 Å². The number of nitrogens with zero attached hydrogens (tertiary/aromatic N) is 1. The minimum absolute atomic E-state index is 0.115. The maximum Gasteiger partial charge on any atom is 0.320 e. The van der Waals surface area contributed by atoms with E-state index < -0.39 is 17.6 Å². The van der Waals surface area contributed by atoms with Gasteiger partial charge in [-0.3, -0.25) is 10.1 Å². The summed E-state index contributed by atoms with van der Waals surface area (Å²) in [6.07, 6.45) is 0.115. The molecule has 5 nitrogen and oxygen atoms in total. The van der Waals surface area contributed by atoms with E-state index in [2.05, 4.69) is 31.0 Å². The summed E-state index contributed by atoms with van der Waals surface area (Å²) in [6.45, 7) is 9.92. The number of aliphatic hydroxyl groups is 1. The lowest BCUT2D eigenvalue weighted by Gasteiger charge is -2.39. The van der Waals surface area contributed by atoms with Gasteiger partial charge >= 0.3 is 5.97 Å². The topological polar surface area (TPSA) is 72.8 Å². The Balaban J connectivity index is 0.000000509. The summed E-state index contributed by atoms with van der Waals surface area (Å²) in [5, 5.41) is 22.5. The predicted octanol–water partition coefficient (Wildman–Crippen LogP) is 4.75. The van der Waals surface area contributed by atoms with Gasteiger partial charge in [-0.15, -0.1) is 0 Å². The number of benzene rings is 3. The highest BCUT2D eigenvalue weighted by molar-refractivity contribution is 5.74. The van der Waals surface area contributed by atoms with Gasteiger partial charge in [-0.25, -0.2) is 0 Å². The van der Waals surface area contributed by atoms with Crippen molar-refractivity contribution < 1.29 is 15.0 Å². The van der Waals surface area contributed by atoms with Crippen LogP contribution in [0.15, 0.2) is 91.0 Å². The van der Waals surface area contributed by atoms with Crippen molar-refractivity contribution in [3.8, 4) is 0 Å². The average molecular weight is 463 g/mol. The molecular formula is C29H38N2O3. The standard InChI is InChI=1S/C23H23NO3.C6H15N/c25-17-16-21(22(26)27)24-23(18-10-4-1-5-11-18,19-12-6-2-7-13-19)20-14-8-3-9-15-20;1-4-7(5-2)6-3/h1-15,21,24-25H,16-17H2,(H,26,27);4-6H2,1-3H3. The number of nitrogens with one attached hydrogen (secondary N) is 1. The Kier molecular flexibility index (Phi) is 11.5. The molecule has 0 saturated heterocycles. The van der Waals surface area contributed by atoms with Crippen molar-refractivity contribution in [2.75, 3.05) is 26.2 Å². The molecule has 0 aliphatic carbocycles. The van der Waals surface area contributed by atoms with E-state index in [9.17, 15) is 15.0 Å². The van der Waals surface area contributed by atoms with Crippen LogP contribution >= 0.6 is 0 Å². The first kappa shape index (κ1) is 27.3. The molecule has 0 heterocycles. The molecule has 0 fully saturated rings. The van der Waals surface area contributed by atoms with Gasteiger partial charge in [0.15, 0.2) is 0 Å². The van der Waals surface area contributed by atoms with E-state index in [1.807, 2.05) is 91.0 Å². The third kappa shape index (κ3) is 7.00. The van der Waals surface area contributed by atoms with Crippen LogP contribution in [0.25, 0.3) is 0 Å². The maximum absolute atomic E-state index is 11.9. The zero-order valence-corrected chi connectivity index (χ0v) is 20.5. The number of carboxylic acids is 1. The molecule has 1 unspecified atom stereocenters. The van der Waals surface area contributed by atoms with Crippen molar-refractivity contribution in [1.82, 2.24) is 10.2 Å². The highest BCUT2D eigenvalue weighted by atomic mass is 16.4. The van der Waals surface area contributed by atoms with Gasteiger partial charge in [-0.1, -0.05) is 112 Å². The van der Waals surface area contributed by atoms with E-state index in [0.717, 1.165) is 16.7 Å². The van der Waals surface area contributed by atoms with E-state index in [4.69, 9.17) is 0 Å². The summed E-state index contributed by atoms with van der Waals surface area (Å²) in [5.41, 5.74) is 1.95. The second kappa shape index (κ2) is 14.3. The van der Waals surface area contributed by atoms with Crippen LogP contribution in [0.2, 0.25) is 0 Å². The van der Waals surface area contributed by atoms with Gasteiger partial charge in [-0.2, -0.15) is 0 Å². The summed E-state index contributed by atoms with van der Waals surface area (Å²) in [5.74, 6) is -0.990. The SMILES string of the molecule is CCN(CC)CC.O=C(O)C(CCO)NC(c1ccccc1)(c1ccccc1)c1ccccc1. The number of hydrogen-bond donors (Lipinski definition) is 3. The van der Waals surface area contributed by atoms with Crippen molar-refractivity contribution in [1.29, 1.82) is 0 Å². The molecule has 3 rings (SSSR count). The minimum atomic E-state index is -0.990. The Morgan fingerprint density at radius 3 is 1.35 bits per heavy atom. The quantitative estimate of drug-likeness (QED) is 0.359. The zero-order valence-electron chi connectivity index (χ0n) is 20.5. The molecule has 3 aromatic carbocycles. The highest BCUT2D eigenvalue weighted by Crippen LogP contribution is 2.37. The first-order valence-corrected chi connectivity index (χ1v) is 12.0. The van der Waals surface area contributed by atoms with Gasteiger partial charge in [0, 0.05) is 6.61 Å². The fraction of sp³-hybridized carbons (Fsp3) is 0.345. The van der Waals surface area contributed by atoms with Crippen molar-refractivity contribution in [3.05, 3.63) is 108 Å². The summed E-state index contributed by atoms with van der Waals surface area (Å²) >= 11 is 0. The van der Waals surface area contributed by atoms with Crippen LogP contribution in [0.4, 0.5) is 0 Å². The number of aliphatic carboxylic acids is 1. The molecular weight excluding hydrogens is 424 g/mol. The summed E-state index contributed by atoms with van der Waals surface area (Å²) in [7, 11) is 0. The Hall–Kier alpha value is -2.99. The van der Waals surface area contributed by atoms with Gasteiger partial charge in [-0.05, 0) is 42.7 Å². The number of rotatable bonds is 11. The van der Waals surface area contributed by atoms with Gasteiger partial charge < -0.3 is 15.1 Å². The number of aliphatic hydroxyl groups excluding tert-OH is 1. The predicted molar refractivity (Wildman–Crippen MR) is 139 cm³/mol. The molecule has 5 heteroatoms. The molecule has 0 spiro atoms. The van der Waals surface area contributed by atoms with Crippen LogP contribution in [-0.4, -0.2) is 53.4 Å². The third-order valence-electron chi connectivity index (χ3n) is 6.07. The highest BCUT2D eigenvalue weighted by Gasteiger charge is 2.39. The molecule has 3 N–H and O–H groups in total. The Morgan fingerprint density at radius 1 is 0.765 bits per heavy atom. The first-order valence-electron chi connectivity index (χ1n) is 12.0. The molecule has 0 saturated carbocycles. The molecule has 0 aliphatic rings. The Bertz CT molecular complexity index is 843. The van der Waals surface area contributed by atoms with Gasteiger partial charge in [0.1, 0.15) is 6.04 Å². The van der Waals surface area contributed by atoms with Crippen molar-refractivity contribution in [3.63, 3.8) is 0 Å². The molecule has 0 bridgehead atoms. The number of carboxylic acid groups (broad SMARTS) is 1. The zero-order chi connectivity index (χ0) is 24.8. The first-order chi connectivity index (χ1) is 16.5. The molecule has 0 radical (unpaired) electrons. The van der Waals surface area contributed by atoms with Crippen LogP contribution in [0.1, 0.15) is 43.9 Å². The van der Waals surface area contributed by atoms with Crippen LogP contribution in [0, 0.1) is 0 Å². The molecule has 0 amide bonds. The number of carbonyl (C=O) groups is 1. The Labute approximate surface area is 204 Å². The van der Waals surface area contributed by atoms with Crippen LogP contribution in [0.3, 0.4) is 0 Å².